The van der Waals surface area contributed by atoms with E-state index < -0.39 is 0 Å². The van der Waals surface area contributed by atoms with Gasteiger partial charge < -0.3 is 10.6 Å². The number of nitrogens with two attached hydrogens (primary N) is 1. The second-order valence-corrected chi connectivity index (χ2v) is 8.09. The number of thiazole rings is 1. The highest BCUT2D eigenvalue weighted by Gasteiger charge is 2.29. The molecule has 2 heterocycles. The number of halogens is 1. The summed E-state index contributed by atoms with van der Waals surface area (Å²) in [4.78, 5) is 20.3. The Hall–Kier alpha value is -1.59. The van der Waals surface area contributed by atoms with Gasteiger partial charge in [-0.3, -0.25) is 4.79 Å². The topological polar surface area (TPSA) is 59.2 Å². The second-order valence-electron chi connectivity index (χ2n) is 7.09. The third-order valence-corrected chi connectivity index (χ3v) is 5.74. The summed E-state index contributed by atoms with van der Waals surface area (Å²) in [5, 5.41) is 1.00. The van der Waals surface area contributed by atoms with Crippen LogP contribution in [0.1, 0.15) is 53.1 Å². The first-order valence-corrected chi connectivity index (χ1v) is 8.78. The molecule has 3 rings (SSSR count). The van der Waals surface area contributed by atoms with E-state index in [1.165, 1.54) is 11.3 Å². The van der Waals surface area contributed by atoms with Crippen LogP contribution in [0.4, 0.5) is 11.4 Å². The highest BCUT2D eigenvalue weighted by atomic mass is 35.5. The number of carbonyl (C=O) groups excluding carboxylic acids is 1. The van der Waals surface area contributed by atoms with E-state index in [1.807, 2.05) is 30.0 Å². The fourth-order valence-electron chi connectivity index (χ4n) is 2.90. The van der Waals surface area contributed by atoms with Crippen molar-refractivity contribution in [2.24, 2.45) is 0 Å². The third kappa shape index (κ3) is 3.28. The lowest BCUT2D eigenvalue weighted by Gasteiger charge is -2.30. The van der Waals surface area contributed by atoms with Gasteiger partial charge in [-0.2, -0.15) is 0 Å². The molecule has 0 bridgehead atoms. The van der Waals surface area contributed by atoms with E-state index in [4.69, 9.17) is 5.73 Å². The zero-order valence-electron chi connectivity index (χ0n) is 14.5. The van der Waals surface area contributed by atoms with Gasteiger partial charge in [0.2, 0.25) is 0 Å². The molecule has 0 unspecified atom stereocenters. The molecule has 0 saturated carbocycles. The largest absolute Gasteiger partial charge is 0.398 e. The van der Waals surface area contributed by atoms with Gasteiger partial charge in [0.15, 0.2) is 0 Å². The SMILES string of the molecule is Cc1nc(C(C)(C)C)sc1C(=O)N1CCCc2c(N)cccc21.Cl. The van der Waals surface area contributed by atoms with Crippen LogP contribution in [0.25, 0.3) is 0 Å². The molecule has 0 radical (unpaired) electrons. The lowest BCUT2D eigenvalue weighted by molar-refractivity contribution is 0.0988. The summed E-state index contributed by atoms with van der Waals surface area (Å²) in [5.74, 6) is 0.0436. The Kier molecular flexibility index (Phi) is 5.25. The molecule has 4 nitrogen and oxygen atoms in total. The molecule has 0 saturated heterocycles. The summed E-state index contributed by atoms with van der Waals surface area (Å²) in [6.45, 7) is 9.02. The van der Waals surface area contributed by atoms with Crippen molar-refractivity contribution in [3.8, 4) is 0 Å². The van der Waals surface area contributed by atoms with Crippen molar-refractivity contribution in [3.63, 3.8) is 0 Å². The normalized spacial score (nSPS) is 14.1. The maximum atomic E-state index is 13.1. The average Bonchev–Trinajstić information content (AvgIpc) is 2.89. The smallest absolute Gasteiger partial charge is 0.270 e. The van der Waals surface area contributed by atoms with Crippen molar-refractivity contribution >= 4 is 41.0 Å². The molecule has 2 aromatic rings. The number of benzene rings is 1. The number of hydrogen-bond acceptors (Lipinski definition) is 4. The molecule has 1 amide bonds. The summed E-state index contributed by atoms with van der Waals surface area (Å²) in [6, 6.07) is 5.81. The summed E-state index contributed by atoms with van der Waals surface area (Å²) in [7, 11) is 0. The van der Waals surface area contributed by atoms with E-state index in [2.05, 4.69) is 25.8 Å². The van der Waals surface area contributed by atoms with E-state index in [0.717, 1.165) is 51.9 Å². The Bertz CT molecular complexity index is 764. The Labute approximate surface area is 153 Å². The maximum Gasteiger partial charge on any atom is 0.270 e. The average molecular weight is 366 g/mol. The molecule has 0 atom stereocenters. The van der Waals surface area contributed by atoms with Gasteiger partial charge in [-0.05, 0) is 37.5 Å². The number of amides is 1. The van der Waals surface area contributed by atoms with Crippen molar-refractivity contribution in [3.05, 3.63) is 39.3 Å². The van der Waals surface area contributed by atoms with Crippen LogP contribution in [0.5, 0.6) is 0 Å². The zero-order valence-corrected chi connectivity index (χ0v) is 16.2. The van der Waals surface area contributed by atoms with Crippen molar-refractivity contribution in [1.29, 1.82) is 0 Å². The fourth-order valence-corrected chi connectivity index (χ4v) is 3.97. The number of fused-ring (bicyclic) bond motifs is 1. The molecular formula is C18H24ClN3OS. The predicted molar refractivity (Wildman–Crippen MR) is 104 cm³/mol. The van der Waals surface area contributed by atoms with Crippen LogP contribution in [0.3, 0.4) is 0 Å². The highest BCUT2D eigenvalue weighted by molar-refractivity contribution is 7.14. The van der Waals surface area contributed by atoms with Crippen LogP contribution >= 0.6 is 23.7 Å². The van der Waals surface area contributed by atoms with Crippen molar-refractivity contribution in [2.75, 3.05) is 17.2 Å². The minimum atomic E-state index is -0.0435. The van der Waals surface area contributed by atoms with Crippen molar-refractivity contribution in [2.45, 2.75) is 46.0 Å². The number of nitrogen functional groups attached to an aromatic ring is 1. The molecule has 1 aliphatic heterocycles. The van der Waals surface area contributed by atoms with Crippen LogP contribution in [-0.4, -0.2) is 17.4 Å². The number of rotatable bonds is 1. The molecular weight excluding hydrogens is 342 g/mol. The minimum absolute atomic E-state index is 0. The van der Waals surface area contributed by atoms with Gasteiger partial charge in [-0.15, -0.1) is 23.7 Å². The molecule has 24 heavy (non-hydrogen) atoms. The van der Waals surface area contributed by atoms with E-state index in [-0.39, 0.29) is 23.7 Å². The van der Waals surface area contributed by atoms with Crippen LogP contribution < -0.4 is 10.6 Å². The van der Waals surface area contributed by atoms with E-state index in [9.17, 15) is 4.79 Å². The standard InChI is InChI=1S/C18H23N3OS.ClH/c1-11-15(23-17(20-11)18(2,3)4)16(22)21-10-6-7-12-13(19)8-5-9-14(12)21;/h5,8-9H,6-7,10,19H2,1-4H3;1H. The number of hydrogen-bond donors (Lipinski definition) is 1. The maximum absolute atomic E-state index is 13.1. The molecule has 6 heteroatoms. The lowest BCUT2D eigenvalue weighted by atomic mass is 9.98. The number of nitrogens with zero attached hydrogens (tertiary/aromatic N) is 2. The third-order valence-electron chi connectivity index (χ3n) is 4.16. The van der Waals surface area contributed by atoms with Gasteiger partial charge in [0, 0.05) is 23.3 Å². The van der Waals surface area contributed by atoms with Gasteiger partial charge in [-0.1, -0.05) is 26.8 Å². The molecule has 130 valence electrons. The van der Waals surface area contributed by atoms with E-state index in [1.54, 1.807) is 0 Å². The van der Waals surface area contributed by atoms with Crippen molar-refractivity contribution < 1.29 is 4.79 Å². The summed E-state index contributed by atoms with van der Waals surface area (Å²) in [6.07, 6.45) is 1.87. The first-order chi connectivity index (χ1) is 10.8. The van der Waals surface area contributed by atoms with Gasteiger partial charge in [0.25, 0.3) is 5.91 Å². The molecule has 0 spiro atoms. The number of anilines is 2. The van der Waals surface area contributed by atoms with Crippen molar-refractivity contribution in [1.82, 2.24) is 4.98 Å². The van der Waals surface area contributed by atoms with Crippen LogP contribution in [0.15, 0.2) is 18.2 Å². The Morgan fingerprint density at radius 3 is 2.67 bits per heavy atom. The molecule has 0 fully saturated rings. The van der Waals surface area contributed by atoms with Crippen LogP contribution in [0, 0.1) is 6.92 Å². The number of carbonyl (C=O) groups is 1. The van der Waals surface area contributed by atoms with Crippen LogP contribution in [0.2, 0.25) is 0 Å². The Morgan fingerprint density at radius 2 is 2.04 bits per heavy atom. The van der Waals surface area contributed by atoms with Gasteiger partial charge in [0.1, 0.15) is 4.88 Å². The first-order valence-electron chi connectivity index (χ1n) is 7.96. The second kappa shape index (κ2) is 6.73. The monoisotopic (exact) mass is 365 g/mol. The van der Waals surface area contributed by atoms with E-state index >= 15 is 0 Å². The predicted octanol–water partition coefficient (Wildman–Crippen LogP) is 4.35. The lowest BCUT2D eigenvalue weighted by Crippen LogP contribution is -2.35. The van der Waals surface area contributed by atoms with Crippen LogP contribution in [-0.2, 0) is 11.8 Å². The van der Waals surface area contributed by atoms with Gasteiger partial charge in [0.05, 0.1) is 10.7 Å². The molecule has 1 aromatic heterocycles. The quantitative estimate of drug-likeness (QED) is 0.764. The van der Waals surface area contributed by atoms with Gasteiger partial charge >= 0.3 is 0 Å². The van der Waals surface area contributed by atoms with Gasteiger partial charge in [-0.25, -0.2) is 4.98 Å². The number of aryl methyl sites for hydroxylation is 1. The highest BCUT2D eigenvalue weighted by Crippen LogP contribution is 2.35. The van der Waals surface area contributed by atoms with E-state index in [0.29, 0.717) is 0 Å². The summed E-state index contributed by atoms with van der Waals surface area (Å²) in [5.41, 5.74) is 9.68. The Balaban J connectivity index is 0.00000208. The zero-order chi connectivity index (χ0) is 16.8. The molecule has 1 aromatic carbocycles. The first kappa shape index (κ1) is 18.7. The number of aromatic nitrogens is 1. The molecule has 0 aliphatic carbocycles. The fraction of sp³-hybridized carbons (Fsp3) is 0.444. The molecule has 2 N–H and O–H groups in total. The minimum Gasteiger partial charge on any atom is -0.398 e. The summed E-state index contributed by atoms with van der Waals surface area (Å²) < 4.78 is 0. The Morgan fingerprint density at radius 1 is 1.33 bits per heavy atom. The summed E-state index contributed by atoms with van der Waals surface area (Å²) >= 11 is 1.51. The molecule has 1 aliphatic rings.